The van der Waals surface area contributed by atoms with Gasteiger partial charge in [-0.05, 0) is 60.0 Å². The second-order valence-corrected chi connectivity index (χ2v) is 7.13. The molecule has 8 nitrogen and oxygen atoms in total. The third kappa shape index (κ3) is 6.67. The molecule has 0 aliphatic carbocycles. The van der Waals surface area contributed by atoms with E-state index < -0.39 is 11.8 Å². The fourth-order valence-electron chi connectivity index (χ4n) is 2.39. The number of hydrogen-bond donors (Lipinski definition) is 2. The number of aryl methyl sites for hydroxylation is 2. The molecule has 0 fully saturated rings. The third-order valence-electron chi connectivity index (χ3n) is 3.83. The monoisotopic (exact) mass is 475 g/mol. The van der Waals surface area contributed by atoms with E-state index in [1.165, 1.54) is 6.07 Å². The quantitative estimate of drug-likeness (QED) is 0.567. The van der Waals surface area contributed by atoms with Crippen molar-refractivity contribution in [3.63, 3.8) is 0 Å². The molecule has 30 heavy (non-hydrogen) atoms. The predicted molar refractivity (Wildman–Crippen MR) is 113 cm³/mol. The summed E-state index contributed by atoms with van der Waals surface area (Å²) in [6.07, 6.45) is 0. The first-order chi connectivity index (χ1) is 14.3. The normalized spacial score (nSPS) is 9.97. The van der Waals surface area contributed by atoms with Crippen molar-refractivity contribution >= 4 is 27.7 Å². The van der Waals surface area contributed by atoms with Gasteiger partial charge in [-0.15, -0.1) is 0 Å². The van der Waals surface area contributed by atoms with Gasteiger partial charge < -0.3 is 14.2 Å². The number of nitriles is 1. The Bertz CT molecular complexity index is 972. The van der Waals surface area contributed by atoms with Crippen LogP contribution < -0.4 is 25.1 Å². The Morgan fingerprint density at radius 3 is 2.30 bits per heavy atom. The van der Waals surface area contributed by atoms with Gasteiger partial charge in [-0.1, -0.05) is 12.1 Å². The molecule has 0 bridgehead atoms. The molecule has 0 saturated carbocycles. The van der Waals surface area contributed by atoms with Gasteiger partial charge in [0.25, 0.3) is 11.8 Å². The zero-order valence-electron chi connectivity index (χ0n) is 16.9. The van der Waals surface area contributed by atoms with Gasteiger partial charge in [-0.25, -0.2) is 0 Å². The van der Waals surface area contributed by atoms with Crippen LogP contribution in [-0.4, -0.2) is 31.6 Å². The minimum absolute atomic E-state index is 0.249. The summed E-state index contributed by atoms with van der Waals surface area (Å²) in [5, 5.41) is 9.05. The molecule has 9 heteroatoms. The highest BCUT2D eigenvalue weighted by Crippen LogP contribution is 2.36. The smallest absolute Gasteiger partial charge is 0.276 e. The molecule has 0 spiro atoms. The van der Waals surface area contributed by atoms with Crippen LogP contribution in [0.3, 0.4) is 0 Å². The molecule has 0 aliphatic heterocycles. The van der Waals surface area contributed by atoms with Crippen LogP contribution in [0.15, 0.2) is 34.8 Å². The van der Waals surface area contributed by atoms with E-state index in [2.05, 4.69) is 26.8 Å². The number of nitrogens with zero attached hydrogens (tertiary/aromatic N) is 1. The average molecular weight is 476 g/mol. The molecule has 0 aromatic heterocycles. The Hall–Kier alpha value is -3.25. The van der Waals surface area contributed by atoms with Crippen molar-refractivity contribution in [3.8, 4) is 23.3 Å². The lowest BCUT2D eigenvalue weighted by molar-refractivity contribution is -0.131. The number of hydrogen-bond acceptors (Lipinski definition) is 6. The lowest BCUT2D eigenvalue weighted by atomic mass is 10.1. The predicted octanol–water partition coefficient (Wildman–Crippen LogP) is 2.94. The molecule has 2 aromatic rings. The van der Waals surface area contributed by atoms with Gasteiger partial charge in [0.1, 0.15) is 5.75 Å². The molecule has 2 N–H and O–H groups in total. The topological polar surface area (TPSA) is 110 Å². The van der Waals surface area contributed by atoms with Crippen molar-refractivity contribution in [2.45, 2.75) is 20.8 Å². The largest absolute Gasteiger partial charge is 0.490 e. The van der Waals surface area contributed by atoms with Gasteiger partial charge >= 0.3 is 0 Å². The molecule has 0 saturated heterocycles. The highest BCUT2D eigenvalue weighted by atomic mass is 79.9. The number of benzene rings is 2. The summed E-state index contributed by atoms with van der Waals surface area (Å²) >= 11 is 3.30. The van der Waals surface area contributed by atoms with Crippen molar-refractivity contribution in [2.24, 2.45) is 0 Å². The Morgan fingerprint density at radius 1 is 1.00 bits per heavy atom. The van der Waals surface area contributed by atoms with Crippen LogP contribution in [0, 0.1) is 25.2 Å². The Kier molecular flexibility index (Phi) is 8.50. The fraction of sp³-hybridized carbons (Fsp3) is 0.286. The van der Waals surface area contributed by atoms with E-state index in [-0.39, 0.29) is 19.0 Å². The molecule has 2 aromatic carbocycles. The van der Waals surface area contributed by atoms with Gasteiger partial charge in [0.15, 0.2) is 24.7 Å². The highest BCUT2D eigenvalue weighted by molar-refractivity contribution is 9.10. The maximum Gasteiger partial charge on any atom is 0.276 e. The number of halogens is 1. The highest BCUT2D eigenvalue weighted by Gasteiger charge is 2.14. The van der Waals surface area contributed by atoms with Gasteiger partial charge in [-0.2, -0.15) is 5.26 Å². The minimum atomic E-state index is -0.575. The number of ether oxygens (including phenoxy) is 3. The molecule has 0 atom stereocenters. The molecule has 0 radical (unpaired) electrons. The van der Waals surface area contributed by atoms with Gasteiger partial charge in [-0.3, -0.25) is 20.4 Å². The summed E-state index contributed by atoms with van der Waals surface area (Å²) in [5.74, 6) is 0.138. The summed E-state index contributed by atoms with van der Waals surface area (Å²) in [7, 11) is 0. The van der Waals surface area contributed by atoms with Gasteiger partial charge in [0.2, 0.25) is 0 Å². The van der Waals surface area contributed by atoms with Crippen molar-refractivity contribution in [1.29, 1.82) is 5.26 Å². The first-order valence-corrected chi connectivity index (χ1v) is 9.90. The second-order valence-electron chi connectivity index (χ2n) is 6.27. The van der Waals surface area contributed by atoms with Crippen molar-refractivity contribution in [2.75, 3.05) is 19.8 Å². The van der Waals surface area contributed by atoms with Gasteiger partial charge in [0.05, 0.1) is 22.7 Å². The van der Waals surface area contributed by atoms with Crippen molar-refractivity contribution in [3.05, 3.63) is 51.5 Å². The van der Waals surface area contributed by atoms with E-state index in [1.807, 2.05) is 38.1 Å². The number of hydrazine groups is 1. The van der Waals surface area contributed by atoms with E-state index >= 15 is 0 Å². The molecule has 0 unspecified atom stereocenters. The number of rotatable bonds is 8. The number of carbonyl (C=O) groups excluding carboxylic acids is 2. The van der Waals surface area contributed by atoms with E-state index in [9.17, 15) is 9.59 Å². The standard InChI is InChI=1S/C21H22BrN3O5/c1-4-28-18-9-15(10-23)8-16(22)21(18)30-12-20(27)25-24-19(26)11-29-17-7-13(2)5-6-14(17)3/h5-9H,4,11-12H2,1-3H3,(H,24,26)(H,25,27). The Balaban J connectivity index is 1.84. The molecule has 158 valence electrons. The van der Waals surface area contributed by atoms with E-state index in [4.69, 9.17) is 19.5 Å². The molecule has 2 amide bonds. The SMILES string of the molecule is CCOc1cc(C#N)cc(Br)c1OCC(=O)NNC(=O)COc1cc(C)ccc1C. The maximum atomic E-state index is 12.0. The number of nitrogens with one attached hydrogen (secondary N) is 2. The van der Waals surface area contributed by atoms with E-state index in [0.717, 1.165) is 11.1 Å². The Morgan fingerprint density at radius 2 is 1.67 bits per heavy atom. The van der Waals surface area contributed by atoms with E-state index in [0.29, 0.717) is 28.1 Å². The maximum absolute atomic E-state index is 12.0. The minimum Gasteiger partial charge on any atom is -0.490 e. The van der Waals surface area contributed by atoms with Crippen LogP contribution in [0.25, 0.3) is 0 Å². The van der Waals surface area contributed by atoms with Crippen LogP contribution in [0.4, 0.5) is 0 Å². The van der Waals surface area contributed by atoms with Crippen LogP contribution in [0.1, 0.15) is 23.6 Å². The van der Waals surface area contributed by atoms with Crippen LogP contribution >= 0.6 is 15.9 Å². The first-order valence-electron chi connectivity index (χ1n) is 9.11. The van der Waals surface area contributed by atoms with Crippen LogP contribution in [-0.2, 0) is 9.59 Å². The number of amides is 2. The molecular weight excluding hydrogens is 454 g/mol. The summed E-state index contributed by atoms with van der Waals surface area (Å²) in [5.41, 5.74) is 6.83. The molecule has 0 heterocycles. The zero-order chi connectivity index (χ0) is 22.1. The van der Waals surface area contributed by atoms with Crippen molar-refractivity contribution < 1.29 is 23.8 Å². The Labute approximate surface area is 183 Å². The van der Waals surface area contributed by atoms with Gasteiger partial charge in [0, 0.05) is 6.07 Å². The number of carbonyl (C=O) groups is 2. The molecular formula is C21H22BrN3O5. The lowest BCUT2D eigenvalue weighted by Crippen LogP contribution is -2.45. The third-order valence-corrected chi connectivity index (χ3v) is 4.42. The van der Waals surface area contributed by atoms with Crippen LogP contribution in [0.5, 0.6) is 17.2 Å². The lowest BCUT2D eigenvalue weighted by Gasteiger charge is -2.14. The fourth-order valence-corrected chi connectivity index (χ4v) is 2.95. The van der Waals surface area contributed by atoms with E-state index in [1.54, 1.807) is 13.0 Å². The summed E-state index contributed by atoms with van der Waals surface area (Å²) in [6, 6.07) is 10.8. The summed E-state index contributed by atoms with van der Waals surface area (Å²) in [4.78, 5) is 23.9. The summed E-state index contributed by atoms with van der Waals surface area (Å²) < 4.78 is 16.9. The van der Waals surface area contributed by atoms with Crippen molar-refractivity contribution in [1.82, 2.24) is 10.9 Å². The molecule has 0 aliphatic rings. The average Bonchev–Trinajstić information content (AvgIpc) is 2.72. The molecule has 2 rings (SSSR count). The summed E-state index contributed by atoms with van der Waals surface area (Å²) in [6.45, 7) is 5.34. The first kappa shape index (κ1) is 23.0. The second kappa shape index (κ2) is 11.1. The zero-order valence-corrected chi connectivity index (χ0v) is 18.5. The van der Waals surface area contributed by atoms with Crippen LogP contribution in [0.2, 0.25) is 0 Å².